The van der Waals surface area contributed by atoms with Gasteiger partial charge in [-0.05, 0) is 19.1 Å². The molecule has 0 aliphatic rings. The minimum Gasteiger partial charge on any atom is -0.492 e. The molecular formula is C10H14FN3O4S. The quantitative estimate of drug-likeness (QED) is 0.696. The fourth-order valence-corrected chi connectivity index (χ4v) is 2.31. The van der Waals surface area contributed by atoms with Crippen molar-refractivity contribution in [1.82, 2.24) is 10.0 Å². The molecule has 0 fully saturated rings. The monoisotopic (exact) mass is 291 g/mol. The maximum absolute atomic E-state index is 13.5. The Hall–Kier alpha value is -2.03. The SMILES string of the molecule is CCNC(=O)NS(=O)(=O)c1cc(N)c(OC)c(F)c1. The smallest absolute Gasteiger partial charge is 0.328 e. The highest BCUT2D eigenvalue weighted by molar-refractivity contribution is 7.90. The summed E-state index contributed by atoms with van der Waals surface area (Å²) in [5.74, 6) is -1.18. The zero-order valence-electron chi connectivity index (χ0n) is 10.4. The molecule has 7 nitrogen and oxygen atoms in total. The lowest BCUT2D eigenvalue weighted by Gasteiger charge is -2.10. The van der Waals surface area contributed by atoms with Crippen LogP contribution in [-0.2, 0) is 10.0 Å². The van der Waals surface area contributed by atoms with Crippen molar-refractivity contribution in [2.75, 3.05) is 19.4 Å². The molecule has 0 radical (unpaired) electrons. The zero-order chi connectivity index (χ0) is 14.6. The van der Waals surface area contributed by atoms with Gasteiger partial charge in [-0.3, -0.25) is 0 Å². The van der Waals surface area contributed by atoms with Gasteiger partial charge in [-0.2, -0.15) is 0 Å². The van der Waals surface area contributed by atoms with Crippen molar-refractivity contribution >= 4 is 21.7 Å². The molecule has 0 saturated carbocycles. The number of nitrogens with two attached hydrogens (primary N) is 1. The van der Waals surface area contributed by atoms with Gasteiger partial charge >= 0.3 is 6.03 Å². The third-order valence-corrected chi connectivity index (χ3v) is 3.44. The summed E-state index contributed by atoms with van der Waals surface area (Å²) in [7, 11) is -2.99. The summed E-state index contributed by atoms with van der Waals surface area (Å²) in [4.78, 5) is 10.7. The highest BCUT2D eigenvalue weighted by atomic mass is 32.2. The van der Waals surface area contributed by atoms with Gasteiger partial charge < -0.3 is 15.8 Å². The molecule has 9 heteroatoms. The van der Waals surface area contributed by atoms with E-state index in [0.717, 1.165) is 12.1 Å². The fraction of sp³-hybridized carbons (Fsp3) is 0.300. The van der Waals surface area contributed by atoms with Crippen molar-refractivity contribution in [2.24, 2.45) is 0 Å². The summed E-state index contributed by atoms with van der Waals surface area (Å²) in [5, 5.41) is 2.24. The van der Waals surface area contributed by atoms with Crippen molar-refractivity contribution in [1.29, 1.82) is 0 Å². The largest absolute Gasteiger partial charge is 0.492 e. The van der Waals surface area contributed by atoms with Crippen LogP contribution in [0.5, 0.6) is 5.75 Å². The third kappa shape index (κ3) is 3.47. The number of hydrogen-bond acceptors (Lipinski definition) is 5. The number of nitrogens with one attached hydrogen (secondary N) is 2. The average molecular weight is 291 g/mol. The summed E-state index contributed by atoms with van der Waals surface area (Å²) < 4.78 is 43.5. The first-order valence-electron chi connectivity index (χ1n) is 5.25. The topological polar surface area (TPSA) is 111 Å². The van der Waals surface area contributed by atoms with E-state index in [0.29, 0.717) is 0 Å². The first-order chi connectivity index (χ1) is 8.81. The number of carbonyl (C=O) groups is 1. The molecular weight excluding hydrogens is 277 g/mol. The van der Waals surface area contributed by atoms with Crippen LogP contribution in [0.15, 0.2) is 17.0 Å². The number of rotatable bonds is 4. The number of hydrogen-bond donors (Lipinski definition) is 3. The minimum absolute atomic E-state index is 0.182. The number of ether oxygens (including phenoxy) is 1. The number of nitrogen functional groups attached to an aromatic ring is 1. The molecule has 0 heterocycles. The van der Waals surface area contributed by atoms with Crippen LogP contribution in [0.4, 0.5) is 14.9 Å². The fourth-order valence-electron chi connectivity index (χ4n) is 1.34. The van der Waals surface area contributed by atoms with Crippen molar-refractivity contribution < 1.29 is 22.3 Å². The molecule has 4 N–H and O–H groups in total. The normalized spacial score (nSPS) is 10.9. The van der Waals surface area contributed by atoms with Crippen LogP contribution in [0.3, 0.4) is 0 Å². The number of sulfonamides is 1. The molecule has 0 spiro atoms. The lowest BCUT2D eigenvalue weighted by Crippen LogP contribution is -2.39. The zero-order valence-corrected chi connectivity index (χ0v) is 11.2. The molecule has 0 aromatic heterocycles. The number of anilines is 1. The third-order valence-electron chi connectivity index (χ3n) is 2.12. The van der Waals surface area contributed by atoms with Gasteiger partial charge in [0.1, 0.15) is 0 Å². The molecule has 0 saturated heterocycles. The van der Waals surface area contributed by atoms with E-state index in [4.69, 9.17) is 5.73 Å². The Kier molecular flexibility index (Phi) is 4.54. The second-order valence-corrected chi connectivity index (χ2v) is 5.17. The van der Waals surface area contributed by atoms with Gasteiger partial charge in [-0.25, -0.2) is 22.3 Å². The molecule has 1 rings (SSSR count). The molecule has 0 atom stereocenters. The Morgan fingerprint density at radius 1 is 1.47 bits per heavy atom. The summed E-state index contributed by atoms with van der Waals surface area (Å²) >= 11 is 0. The van der Waals surface area contributed by atoms with Gasteiger partial charge in [0.15, 0.2) is 11.6 Å². The first-order valence-corrected chi connectivity index (χ1v) is 6.73. The molecule has 1 aromatic rings. The molecule has 0 aliphatic carbocycles. The summed E-state index contributed by atoms with van der Waals surface area (Å²) in [6, 6.07) is 0.817. The van der Waals surface area contributed by atoms with E-state index < -0.39 is 26.8 Å². The van der Waals surface area contributed by atoms with Gasteiger partial charge in [0.05, 0.1) is 17.7 Å². The van der Waals surface area contributed by atoms with Crippen LogP contribution in [0.25, 0.3) is 0 Å². The molecule has 2 amide bonds. The van der Waals surface area contributed by atoms with E-state index in [1.54, 1.807) is 11.6 Å². The predicted octanol–water partition coefficient (Wildman–Crippen LogP) is 0.424. The van der Waals surface area contributed by atoms with Gasteiger partial charge in [-0.15, -0.1) is 0 Å². The average Bonchev–Trinajstić information content (AvgIpc) is 2.27. The Morgan fingerprint density at radius 3 is 2.58 bits per heavy atom. The highest BCUT2D eigenvalue weighted by Gasteiger charge is 2.21. The Bertz CT molecular complexity index is 565. The Balaban J connectivity index is 3.12. The van der Waals surface area contributed by atoms with Crippen molar-refractivity contribution in [2.45, 2.75) is 11.8 Å². The Morgan fingerprint density at radius 2 is 2.11 bits per heavy atom. The van der Waals surface area contributed by atoms with E-state index >= 15 is 0 Å². The lowest BCUT2D eigenvalue weighted by atomic mass is 10.3. The molecule has 19 heavy (non-hydrogen) atoms. The van der Waals surface area contributed by atoms with Crippen LogP contribution < -0.4 is 20.5 Å². The van der Waals surface area contributed by atoms with E-state index in [-0.39, 0.29) is 18.0 Å². The highest BCUT2D eigenvalue weighted by Crippen LogP contribution is 2.28. The first kappa shape index (κ1) is 15.0. The number of halogens is 1. The number of urea groups is 1. The number of carbonyl (C=O) groups excluding carboxylic acids is 1. The number of methoxy groups -OCH3 is 1. The molecule has 0 aliphatic heterocycles. The van der Waals surface area contributed by atoms with Crippen LogP contribution in [0.1, 0.15) is 6.92 Å². The van der Waals surface area contributed by atoms with Crippen molar-refractivity contribution in [3.8, 4) is 5.75 Å². The molecule has 106 valence electrons. The summed E-state index contributed by atoms with van der Waals surface area (Å²) in [6.45, 7) is 1.87. The Labute approximate surface area is 110 Å². The van der Waals surface area contributed by atoms with E-state index in [1.807, 2.05) is 0 Å². The predicted molar refractivity (Wildman–Crippen MR) is 66.8 cm³/mol. The number of amides is 2. The van der Waals surface area contributed by atoms with E-state index in [1.165, 1.54) is 7.11 Å². The molecule has 0 unspecified atom stereocenters. The van der Waals surface area contributed by atoms with E-state index in [9.17, 15) is 17.6 Å². The van der Waals surface area contributed by atoms with Gasteiger partial charge in [0, 0.05) is 6.54 Å². The van der Waals surface area contributed by atoms with Crippen LogP contribution in [0.2, 0.25) is 0 Å². The van der Waals surface area contributed by atoms with Crippen LogP contribution in [0, 0.1) is 5.82 Å². The van der Waals surface area contributed by atoms with Gasteiger partial charge in [0.2, 0.25) is 0 Å². The van der Waals surface area contributed by atoms with Gasteiger partial charge in [0.25, 0.3) is 10.0 Å². The van der Waals surface area contributed by atoms with Crippen LogP contribution in [-0.4, -0.2) is 28.1 Å². The second-order valence-electron chi connectivity index (χ2n) is 3.49. The van der Waals surface area contributed by atoms with Crippen molar-refractivity contribution in [3.63, 3.8) is 0 Å². The lowest BCUT2D eigenvalue weighted by molar-refractivity contribution is 0.246. The summed E-state index contributed by atoms with van der Waals surface area (Å²) in [6.07, 6.45) is 0. The minimum atomic E-state index is -4.19. The molecule has 0 bridgehead atoms. The standard InChI is InChI=1S/C10H14FN3O4S/c1-3-13-10(15)14-19(16,17)6-4-7(11)9(18-2)8(12)5-6/h4-5H,3,12H2,1-2H3,(H2,13,14,15). The van der Waals surface area contributed by atoms with Gasteiger partial charge in [-0.1, -0.05) is 0 Å². The van der Waals surface area contributed by atoms with E-state index in [2.05, 4.69) is 10.1 Å². The summed E-state index contributed by atoms with van der Waals surface area (Å²) in [5.41, 5.74) is 5.28. The van der Waals surface area contributed by atoms with Crippen molar-refractivity contribution in [3.05, 3.63) is 17.9 Å². The molecule has 1 aromatic carbocycles. The van der Waals surface area contributed by atoms with Crippen LogP contribution >= 0.6 is 0 Å². The number of benzene rings is 1. The second kappa shape index (κ2) is 5.74. The maximum Gasteiger partial charge on any atom is 0.328 e. The maximum atomic E-state index is 13.5.